The third-order valence-electron chi connectivity index (χ3n) is 5.86. The molecule has 2 aromatic rings. The van der Waals surface area contributed by atoms with Crippen LogP contribution in [-0.4, -0.2) is 63.4 Å². The van der Waals surface area contributed by atoms with Gasteiger partial charge in [0.05, 0.1) is 18.0 Å². The van der Waals surface area contributed by atoms with Gasteiger partial charge in [0.15, 0.2) is 0 Å². The molecule has 2 fully saturated rings. The summed E-state index contributed by atoms with van der Waals surface area (Å²) in [5, 5.41) is 8.96. The van der Waals surface area contributed by atoms with E-state index in [1.807, 2.05) is 23.1 Å². The minimum Gasteiger partial charge on any atom is -0.341 e. The summed E-state index contributed by atoms with van der Waals surface area (Å²) in [6.07, 6.45) is 3.96. The van der Waals surface area contributed by atoms with Gasteiger partial charge in [0.2, 0.25) is 5.91 Å². The van der Waals surface area contributed by atoms with E-state index in [-0.39, 0.29) is 17.5 Å². The number of amides is 1. The lowest BCUT2D eigenvalue weighted by Gasteiger charge is -2.35. The molecule has 0 radical (unpaired) electrons. The van der Waals surface area contributed by atoms with E-state index in [9.17, 15) is 9.59 Å². The zero-order valence-corrected chi connectivity index (χ0v) is 15.9. The molecule has 0 unspecified atom stereocenters. The average molecular weight is 369 g/mol. The van der Waals surface area contributed by atoms with Crippen LogP contribution in [0.5, 0.6) is 0 Å². The largest absolute Gasteiger partial charge is 0.341 e. The first-order chi connectivity index (χ1) is 13.1. The normalized spacial score (nSPS) is 22.3. The van der Waals surface area contributed by atoms with E-state index in [0.717, 1.165) is 45.4 Å². The van der Waals surface area contributed by atoms with Crippen LogP contribution >= 0.6 is 0 Å². The molecule has 7 nitrogen and oxygen atoms in total. The Kier molecular flexibility index (Phi) is 5.20. The lowest BCUT2D eigenvalue weighted by atomic mass is 10.00. The van der Waals surface area contributed by atoms with Crippen molar-refractivity contribution in [2.24, 2.45) is 5.92 Å². The van der Waals surface area contributed by atoms with Gasteiger partial charge in [-0.15, -0.1) is 5.10 Å². The van der Waals surface area contributed by atoms with Crippen LogP contribution in [0.4, 0.5) is 0 Å². The van der Waals surface area contributed by atoms with Crippen molar-refractivity contribution in [2.45, 2.75) is 38.6 Å². The molecular formula is C20H27N5O2. The Labute approximate surface area is 158 Å². The van der Waals surface area contributed by atoms with Gasteiger partial charge in [-0.1, -0.05) is 24.3 Å². The second-order valence-corrected chi connectivity index (χ2v) is 7.95. The van der Waals surface area contributed by atoms with Gasteiger partial charge < -0.3 is 4.90 Å². The van der Waals surface area contributed by atoms with E-state index in [2.05, 4.69) is 22.1 Å². The highest BCUT2D eigenvalue weighted by atomic mass is 16.2. The maximum Gasteiger partial charge on any atom is 0.277 e. The molecule has 0 spiro atoms. The molecule has 0 aliphatic carbocycles. The predicted molar refractivity (Wildman–Crippen MR) is 103 cm³/mol. The van der Waals surface area contributed by atoms with E-state index in [0.29, 0.717) is 23.4 Å². The minimum absolute atomic E-state index is 0.0518. The zero-order chi connectivity index (χ0) is 18.8. The Morgan fingerprint density at radius 1 is 1.15 bits per heavy atom. The Bertz CT molecular complexity index is 872. The molecule has 2 aliphatic heterocycles. The SMILES string of the molecule is C[C@H]1CCCN(C(=O)CN2CCC(n3nnc4ccccc4c3=O)CC2)C1. The first kappa shape index (κ1) is 18.1. The number of carbonyl (C=O) groups is 1. The number of rotatable bonds is 3. The van der Waals surface area contributed by atoms with Gasteiger partial charge in [0.25, 0.3) is 5.56 Å². The van der Waals surface area contributed by atoms with Crippen molar-refractivity contribution in [3.8, 4) is 0 Å². The van der Waals surface area contributed by atoms with Crippen molar-refractivity contribution in [3.63, 3.8) is 0 Å². The number of benzene rings is 1. The highest BCUT2D eigenvalue weighted by Crippen LogP contribution is 2.21. The van der Waals surface area contributed by atoms with Gasteiger partial charge in [-0.3, -0.25) is 14.5 Å². The summed E-state index contributed by atoms with van der Waals surface area (Å²) in [7, 11) is 0. The fraction of sp³-hybridized carbons (Fsp3) is 0.600. The Morgan fingerprint density at radius 3 is 2.70 bits per heavy atom. The van der Waals surface area contributed by atoms with Crippen molar-refractivity contribution >= 4 is 16.8 Å². The van der Waals surface area contributed by atoms with Crippen LogP contribution < -0.4 is 5.56 Å². The fourth-order valence-corrected chi connectivity index (χ4v) is 4.27. The van der Waals surface area contributed by atoms with E-state index < -0.39 is 0 Å². The molecule has 7 heteroatoms. The number of likely N-dealkylation sites (tertiary alicyclic amines) is 2. The first-order valence-corrected chi connectivity index (χ1v) is 9.96. The van der Waals surface area contributed by atoms with Gasteiger partial charge in [-0.25, -0.2) is 4.68 Å². The third kappa shape index (κ3) is 3.88. The Morgan fingerprint density at radius 2 is 1.93 bits per heavy atom. The van der Waals surface area contributed by atoms with Crippen molar-refractivity contribution in [2.75, 3.05) is 32.7 Å². The van der Waals surface area contributed by atoms with Crippen molar-refractivity contribution in [3.05, 3.63) is 34.6 Å². The number of hydrogen-bond acceptors (Lipinski definition) is 5. The van der Waals surface area contributed by atoms with Crippen molar-refractivity contribution in [1.29, 1.82) is 0 Å². The molecule has 27 heavy (non-hydrogen) atoms. The van der Waals surface area contributed by atoms with Gasteiger partial charge in [0.1, 0.15) is 5.52 Å². The van der Waals surface area contributed by atoms with Crippen LogP contribution in [0.15, 0.2) is 29.1 Å². The van der Waals surface area contributed by atoms with Crippen LogP contribution in [0, 0.1) is 5.92 Å². The molecule has 0 N–H and O–H groups in total. The Balaban J connectivity index is 1.37. The van der Waals surface area contributed by atoms with E-state index in [1.54, 1.807) is 6.07 Å². The quantitative estimate of drug-likeness (QED) is 0.823. The number of aromatic nitrogens is 3. The van der Waals surface area contributed by atoms with Crippen LogP contribution in [0.2, 0.25) is 0 Å². The highest BCUT2D eigenvalue weighted by molar-refractivity contribution is 5.78. The summed E-state index contributed by atoms with van der Waals surface area (Å²) >= 11 is 0. The second kappa shape index (κ2) is 7.76. The Hall–Kier alpha value is -2.28. The summed E-state index contributed by atoms with van der Waals surface area (Å²) in [6.45, 7) is 6.09. The topological polar surface area (TPSA) is 71.3 Å². The molecule has 4 rings (SSSR count). The van der Waals surface area contributed by atoms with Crippen molar-refractivity contribution in [1.82, 2.24) is 24.8 Å². The summed E-state index contributed by atoms with van der Waals surface area (Å²) in [5.41, 5.74) is 0.565. The zero-order valence-electron chi connectivity index (χ0n) is 15.9. The standard InChI is InChI=1S/C20H27N5O2/c1-15-5-4-10-24(13-15)19(26)14-23-11-8-16(9-12-23)25-20(27)17-6-2-3-7-18(17)21-22-25/h2-3,6-7,15-16H,4-5,8-14H2,1H3/t15-/m0/s1. The lowest BCUT2D eigenvalue weighted by Crippen LogP contribution is -2.47. The molecule has 1 amide bonds. The number of nitrogens with zero attached hydrogens (tertiary/aromatic N) is 5. The van der Waals surface area contributed by atoms with Gasteiger partial charge in [-0.2, -0.15) is 0 Å². The summed E-state index contributed by atoms with van der Waals surface area (Å²) in [5.74, 6) is 0.842. The molecule has 1 aromatic carbocycles. The van der Waals surface area contributed by atoms with E-state index in [4.69, 9.17) is 0 Å². The summed E-state index contributed by atoms with van der Waals surface area (Å²) < 4.78 is 1.54. The summed E-state index contributed by atoms with van der Waals surface area (Å²) in [6, 6.07) is 7.38. The maximum atomic E-state index is 12.7. The molecule has 3 heterocycles. The number of piperidine rings is 2. The summed E-state index contributed by atoms with van der Waals surface area (Å²) in [4.78, 5) is 29.5. The predicted octanol–water partition coefficient (Wildman–Crippen LogP) is 1.69. The van der Waals surface area contributed by atoms with E-state index in [1.165, 1.54) is 11.1 Å². The monoisotopic (exact) mass is 369 g/mol. The highest BCUT2D eigenvalue weighted by Gasteiger charge is 2.27. The molecule has 2 saturated heterocycles. The van der Waals surface area contributed by atoms with Crippen LogP contribution in [-0.2, 0) is 4.79 Å². The lowest BCUT2D eigenvalue weighted by molar-refractivity contribution is -0.134. The van der Waals surface area contributed by atoms with E-state index >= 15 is 0 Å². The molecule has 1 atom stereocenters. The van der Waals surface area contributed by atoms with Crippen molar-refractivity contribution < 1.29 is 4.79 Å². The first-order valence-electron chi connectivity index (χ1n) is 9.96. The maximum absolute atomic E-state index is 12.7. The minimum atomic E-state index is -0.0718. The number of fused-ring (bicyclic) bond motifs is 1. The average Bonchev–Trinajstić information content (AvgIpc) is 2.69. The molecule has 0 saturated carbocycles. The fourth-order valence-electron chi connectivity index (χ4n) is 4.27. The van der Waals surface area contributed by atoms with Gasteiger partial charge >= 0.3 is 0 Å². The van der Waals surface area contributed by atoms with Crippen LogP contribution in [0.3, 0.4) is 0 Å². The van der Waals surface area contributed by atoms with Gasteiger partial charge in [-0.05, 0) is 43.7 Å². The smallest absolute Gasteiger partial charge is 0.277 e. The van der Waals surface area contributed by atoms with Gasteiger partial charge in [0, 0.05) is 26.2 Å². The molecule has 0 bridgehead atoms. The van der Waals surface area contributed by atoms with Crippen LogP contribution in [0.1, 0.15) is 38.6 Å². The molecule has 144 valence electrons. The second-order valence-electron chi connectivity index (χ2n) is 7.95. The third-order valence-corrected chi connectivity index (χ3v) is 5.86. The number of carbonyl (C=O) groups excluding carboxylic acids is 1. The molecule has 1 aromatic heterocycles. The molecular weight excluding hydrogens is 342 g/mol. The van der Waals surface area contributed by atoms with Crippen LogP contribution in [0.25, 0.3) is 10.9 Å². The molecule has 2 aliphatic rings. The number of hydrogen-bond donors (Lipinski definition) is 0.